The molecule has 1 saturated heterocycles. The Balaban J connectivity index is 2.00. The van der Waals surface area contributed by atoms with Crippen molar-refractivity contribution in [1.29, 1.82) is 0 Å². The molecule has 1 aromatic rings. The maximum Gasteiger partial charge on any atom is 0.317 e. The Labute approximate surface area is 129 Å². The maximum atomic E-state index is 13.3. The van der Waals surface area contributed by atoms with Gasteiger partial charge in [-0.05, 0) is 38.0 Å². The number of carbonyl (C=O) groups is 2. The number of aliphatic carboxylic acids is 1. The Morgan fingerprint density at radius 1 is 1.50 bits per heavy atom. The van der Waals surface area contributed by atoms with Crippen LogP contribution in [-0.4, -0.2) is 47.1 Å². The standard InChI is InChI=1S/C16H21FN2O3/c1-11(12-4-3-5-13(17)8-12)15(22)19-7-6-16(2,10-19)18-9-14(20)21/h3-5,8,11,18H,6-7,9-10H2,1-2H3,(H,20,21)/t11-,16+/m1/s1. The molecule has 1 aliphatic heterocycles. The first-order valence-electron chi connectivity index (χ1n) is 7.32. The Hall–Kier alpha value is -1.95. The number of benzene rings is 1. The minimum Gasteiger partial charge on any atom is -0.480 e. The molecule has 0 aromatic heterocycles. The van der Waals surface area contributed by atoms with Crippen LogP contribution in [0, 0.1) is 5.82 Å². The molecule has 2 atom stereocenters. The van der Waals surface area contributed by atoms with Crippen LogP contribution in [0.5, 0.6) is 0 Å². The third-order valence-electron chi connectivity index (χ3n) is 4.17. The van der Waals surface area contributed by atoms with Gasteiger partial charge in [-0.1, -0.05) is 12.1 Å². The van der Waals surface area contributed by atoms with Crippen LogP contribution < -0.4 is 5.32 Å². The average molecular weight is 308 g/mol. The molecule has 0 aliphatic carbocycles. The number of carboxylic acid groups (broad SMARTS) is 1. The van der Waals surface area contributed by atoms with E-state index in [1.807, 2.05) is 6.92 Å². The molecule has 1 aliphatic rings. The van der Waals surface area contributed by atoms with Crippen molar-refractivity contribution in [3.05, 3.63) is 35.6 Å². The van der Waals surface area contributed by atoms with Crippen LogP contribution in [-0.2, 0) is 9.59 Å². The van der Waals surface area contributed by atoms with Crippen molar-refractivity contribution < 1.29 is 19.1 Å². The first-order valence-corrected chi connectivity index (χ1v) is 7.32. The molecule has 1 fully saturated rings. The Morgan fingerprint density at radius 2 is 2.23 bits per heavy atom. The molecule has 1 aromatic carbocycles. The summed E-state index contributed by atoms with van der Waals surface area (Å²) in [6.07, 6.45) is 0.696. The largest absolute Gasteiger partial charge is 0.480 e. The Morgan fingerprint density at radius 3 is 2.86 bits per heavy atom. The number of rotatable bonds is 5. The van der Waals surface area contributed by atoms with E-state index in [0.717, 1.165) is 0 Å². The normalized spacial score (nSPS) is 22.6. The fourth-order valence-electron chi connectivity index (χ4n) is 2.77. The molecule has 1 amide bonds. The predicted molar refractivity (Wildman–Crippen MR) is 80.1 cm³/mol. The SMILES string of the molecule is C[C@@H](C(=O)N1CC[C@](C)(NCC(=O)O)C1)c1cccc(F)c1. The Kier molecular flexibility index (Phi) is 4.81. The average Bonchev–Trinajstić information content (AvgIpc) is 2.87. The number of likely N-dealkylation sites (tertiary alicyclic amines) is 1. The van der Waals surface area contributed by atoms with Gasteiger partial charge in [0.1, 0.15) is 5.82 Å². The highest BCUT2D eigenvalue weighted by Crippen LogP contribution is 2.26. The summed E-state index contributed by atoms with van der Waals surface area (Å²) in [4.78, 5) is 24.9. The van der Waals surface area contributed by atoms with Crippen LogP contribution in [0.25, 0.3) is 0 Å². The van der Waals surface area contributed by atoms with E-state index in [-0.39, 0.29) is 18.3 Å². The second-order valence-corrected chi connectivity index (χ2v) is 6.09. The van der Waals surface area contributed by atoms with Crippen LogP contribution in [0.4, 0.5) is 4.39 Å². The number of nitrogens with one attached hydrogen (secondary N) is 1. The first-order chi connectivity index (χ1) is 10.3. The molecule has 0 bridgehead atoms. The van der Waals surface area contributed by atoms with E-state index >= 15 is 0 Å². The van der Waals surface area contributed by atoms with Gasteiger partial charge in [0.25, 0.3) is 0 Å². The number of amides is 1. The van der Waals surface area contributed by atoms with Gasteiger partial charge in [-0.15, -0.1) is 0 Å². The van der Waals surface area contributed by atoms with Gasteiger partial charge >= 0.3 is 5.97 Å². The van der Waals surface area contributed by atoms with Crippen molar-refractivity contribution in [3.63, 3.8) is 0 Å². The molecule has 1 heterocycles. The van der Waals surface area contributed by atoms with E-state index in [2.05, 4.69) is 5.32 Å². The lowest BCUT2D eigenvalue weighted by Crippen LogP contribution is -2.47. The third-order valence-corrected chi connectivity index (χ3v) is 4.17. The van der Waals surface area contributed by atoms with Gasteiger partial charge in [-0.25, -0.2) is 4.39 Å². The summed E-state index contributed by atoms with van der Waals surface area (Å²) in [5, 5.41) is 11.7. The second kappa shape index (κ2) is 6.44. The zero-order valence-corrected chi connectivity index (χ0v) is 12.8. The van der Waals surface area contributed by atoms with Crippen molar-refractivity contribution in [1.82, 2.24) is 10.2 Å². The predicted octanol–water partition coefficient (Wildman–Crippen LogP) is 1.59. The maximum absolute atomic E-state index is 13.3. The number of halogens is 1. The van der Waals surface area contributed by atoms with Gasteiger partial charge in [-0.2, -0.15) is 0 Å². The Bertz CT molecular complexity index is 578. The van der Waals surface area contributed by atoms with Gasteiger partial charge in [0.15, 0.2) is 0 Å². The summed E-state index contributed by atoms with van der Waals surface area (Å²) in [5.74, 6) is -1.75. The molecule has 5 nitrogen and oxygen atoms in total. The van der Waals surface area contributed by atoms with Crippen molar-refractivity contribution in [2.75, 3.05) is 19.6 Å². The summed E-state index contributed by atoms with van der Waals surface area (Å²) in [5.41, 5.74) is 0.257. The lowest BCUT2D eigenvalue weighted by atomic mass is 9.99. The van der Waals surface area contributed by atoms with Crippen molar-refractivity contribution in [2.24, 2.45) is 0 Å². The lowest BCUT2D eigenvalue weighted by Gasteiger charge is -2.26. The van der Waals surface area contributed by atoms with Crippen molar-refractivity contribution >= 4 is 11.9 Å². The van der Waals surface area contributed by atoms with E-state index in [1.165, 1.54) is 12.1 Å². The molecule has 0 saturated carbocycles. The highest BCUT2D eigenvalue weighted by molar-refractivity contribution is 5.83. The van der Waals surface area contributed by atoms with Gasteiger partial charge in [0, 0.05) is 18.6 Å². The smallest absolute Gasteiger partial charge is 0.317 e. The quantitative estimate of drug-likeness (QED) is 0.867. The monoisotopic (exact) mass is 308 g/mol. The number of hydrogen-bond acceptors (Lipinski definition) is 3. The molecule has 0 unspecified atom stereocenters. The summed E-state index contributed by atoms with van der Waals surface area (Å²) in [7, 11) is 0. The summed E-state index contributed by atoms with van der Waals surface area (Å²) in [6, 6.07) is 6.06. The fourth-order valence-corrected chi connectivity index (χ4v) is 2.77. The summed E-state index contributed by atoms with van der Waals surface area (Å²) < 4.78 is 13.3. The molecule has 120 valence electrons. The molecule has 0 radical (unpaired) electrons. The number of nitrogens with zero attached hydrogens (tertiary/aromatic N) is 1. The summed E-state index contributed by atoms with van der Waals surface area (Å²) >= 11 is 0. The minimum absolute atomic E-state index is 0.0635. The van der Waals surface area contributed by atoms with Crippen LogP contribution >= 0.6 is 0 Å². The highest BCUT2D eigenvalue weighted by Gasteiger charge is 2.37. The van der Waals surface area contributed by atoms with Crippen molar-refractivity contribution in [2.45, 2.75) is 31.7 Å². The molecule has 2 rings (SSSR count). The van der Waals surface area contributed by atoms with Gasteiger partial charge in [-0.3, -0.25) is 14.9 Å². The molecule has 6 heteroatoms. The van der Waals surface area contributed by atoms with Crippen LogP contribution in [0.15, 0.2) is 24.3 Å². The van der Waals surface area contributed by atoms with E-state index in [1.54, 1.807) is 24.0 Å². The fraction of sp³-hybridized carbons (Fsp3) is 0.500. The topological polar surface area (TPSA) is 69.6 Å². The van der Waals surface area contributed by atoms with Crippen molar-refractivity contribution in [3.8, 4) is 0 Å². The lowest BCUT2D eigenvalue weighted by molar-refractivity contribution is -0.136. The van der Waals surface area contributed by atoms with E-state index in [4.69, 9.17) is 5.11 Å². The van der Waals surface area contributed by atoms with E-state index in [9.17, 15) is 14.0 Å². The zero-order valence-electron chi connectivity index (χ0n) is 12.8. The van der Waals surface area contributed by atoms with E-state index in [0.29, 0.717) is 25.1 Å². The summed E-state index contributed by atoms with van der Waals surface area (Å²) in [6.45, 7) is 4.58. The molecule has 0 spiro atoms. The molecular weight excluding hydrogens is 287 g/mol. The van der Waals surface area contributed by atoms with Crippen LogP contribution in [0.1, 0.15) is 31.7 Å². The van der Waals surface area contributed by atoms with Gasteiger partial charge < -0.3 is 10.0 Å². The van der Waals surface area contributed by atoms with E-state index < -0.39 is 17.4 Å². The third kappa shape index (κ3) is 3.82. The number of carboxylic acids is 1. The highest BCUT2D eigenvalue weighted by atomic mass is 19.1. The molecule has 22 heavy (non-hydrogen) atoms. The zero-order chi connectivity index (χ0) is 16.3. The second-order valence-electron chi connectivity index (χ2n) is 6.09. The molecule has 2 N–H and O–H groups in total. The minimum atomic E-state index is -0.917. The molecular formula is C16H21FN2O3. The number of carbonyl (C=O) groups excluding carboxylic acids is 1. The van der Waals surface area contributed by atoms with Crippen LogP contribution in [0.2, 0.25) is 0 Å². The van der Waals surface area contributed by atoms with Gasteiger partial charge in [0.2, 0.25) is 5.91 Å². The first kappa shape index (κ1) is 16.4. The van der Waals surface area contributed by atoms with Gasteiger partial charge in [0.05, 0.1) is 12.5 Å². The number of hydrogen-bond donors (Lipinski definition) is 2. The van der Waals surface area contributed by atoms with Crippen LogP contribution in [0.3, 0.4) is 0 Å².